The normalized spacial score (nSPS) is 11.8. The standard InChI is InChI=1S/C46H29NO/c1-2-9-30(10-3-1)33-12-8-13-36(27-33)47(38-23-26-41-35(29-38)21-24-43-42-15-6-7-16-44(42)48-46(41)43)37-22-25-40-34(28-37)20-19-32-18-17-31-11-4-5-14-39(31)45(32)40/h1-29H. The predicted octanol–water partition coefficient (Wildman–Crippen LogP) is 13.3. The summed E-state index contributed by atoms with van der Waals surface area (Å²) in [7, 11) is 0. The van der Waals surface area contributed by atoms with E-state index in [1.54, 1.807) is 0 Å². The third kappa shape index (κ3) is 4.20. The van der Waals surface area contributed by atoms with Gasteiger partial charge in [-0.05, 0) is 103 Å². The van der Waals surface area contributed by atoms with Gasteiger partial charge in [0, 0.05) is 33.2 Å². The number of fused-ring (bicyclic) bond motifs is 10. The highest BCUT2D eigenvalue weighted by Crippen LogP contribution is 2.42. The van der Waals surface area contributed by atoms with Gasteiger partial charge in [-0.15, -0.1) is 0 Å². The van der Waals surface area contributed by atoms with E-state index in [-0.39, 0.29) is 0 Å². The van der Waals surface area contributed by atoms with E-state index in [1.807, 2.05) is 12.1 Å². The molecule has 0 aliphatic carbocycles. The van der Waals surface area contributed by atoms with Crippen LogP contribution < -0.4 is 4.90 Å². The van der Waals surface area contributed by atoms with Gasteiger partial charge in [-0.25, -0.2) is 0 Å². The van der Waals surface area contributed by atoms with Gasteiger partial charge in [-0.1, -0.05) is 121 Å². The minimum atomic E-state index is 0.917. The minimum Gasteiger partial charge on any atom is -0.455 e. The Balaban J connectivity index is 1.19. The van der Waals surface area contributed by atoms with Crippen molar-refractivity contribution in [3.05, 3.63) is 176 Å². The topological polar surface area (TPSA) is 16.4 Å². The number of anilines is 3. The van der Waals surface area contributed by atoms with Crippen molar-refractivity contribution in [2.45, 2.75) is 0 Å². The summed E-state index contributed by atoms with van der Waals surface area (Å²) >= 11 is 0. The van der Waals surface area contributed by atoms with Gasteiger partial charge in [0.2, 0.25) is 0 Å². The van der Waals surface area contributed by atoms with Crippen LogP contribution in [0.5, 0.6) is 0 Å². The number of hydrogen-bond donors (Lipinski definition) is 0. The maximum atomic E-state index is 6.40. The lowest BCUT2D eigenvalue weighted by atomic mass is 9.96. The van der Waals surface area contributed by atoms with Gasteiger partial charge in [-0.2, -0.15) is 0 Å². The van der Waals surface area contributed by atoms with E-state index in [0.717, 1.165) is 49.8 Å². The molecule has 48 heavy (non-hydrogen) atoms. The van der Waals surface area contributed by atoms with E-state index in [0.29, 0.717) is 0 Å². The lowest BCUT2D eigenvalue weighted by Gasteiger charge is -2.27. The number of furan rings is 1. The van der Waals surface area contributed by atoms with Crippen LogP contribution in [0.15, 0.2) is 180 Å². The SMILES string of the molecule is c1ccc(-c2cccc(N(c3ccc4c(ccc5c6ccccc6oc45)c3)c3ccc4c(ccc5ccc6ccccc6c54)c3)c2)cc1. The van der Waals surface area contributed by atoms with Gasteiger partial charge < -0.3 is 9.32 Å². The minimum absolute atomic E-state index is 0.917. The highest BCUT2D eigenvalue weighted by Gasteiger charge is 2.17. The zero-order chi connectivity index (χ0) is 31.6. The van der Waals surface area contributed by atoms with E-state index < -0.39 is 0 Å². The van der Waals surface area contributed by atoms with Gasteiger partial charge in [-0.3, -0.25) is 0 Å². The first kappa shape index (κ1) is 26.8. The molecule has 224 valence electrons. The Morgan fingerprint density at radius 3 is 1.77 bits per heavy atom. The average molecular weight is 612 g/mol. The third-order valence-electron chi connectivity index (χ3n) is 9.78. The number of nitrogens with zero attached hydrogens (tertiary/aromatic N) is 1. The van der Waals surface area contributed by atoms with Crippen molar-refractivity contribution >= 4 is 82.1 Å². The lowest BCUT2D eigenvalue weighted by molar-refractivity contribution is 0.672. The van der Waals surface area contributed by atoms with E-state index in [1.165, 1.54) is 43.4 Å². The van der Waals surface area contributed by atoms with Crippen molar-refractivity contribution in [1.29, 1.82) is 0 Å². The molecule has 0 amide bonds. The summed E-state index contributed by atoms with van der Waals surface area (Å²) in [5.74, 6) is 0. The van der Waals surface area contributed by atoms with E-state index in [4.69, 9.17) is 4.42 Å². The summed E-state index contributed by atoms with van der Waals surface area (Å²) in [6, 6.07) is 63.4. The highest BCUT2D eigenvalue weighted by molar-refractivity contribution is 6.21. The molecule has 0 N–H and O–H groups in total. The van der Waals surface area contributed by atoms with Crippen LogP contribution in [0.3, 0.4) is 0 Å². The van der Waals surface area contributed by atoms with Crippen LogP contribution in [-0.2, 0) is 0 Å². The molecule has 1 heterocycles. The Bertz CT molecular complexity index is 2850. The quantitative estimate of drug-likeness (QED) is 0.184. The monoisotopic (exact) mass is 611 g/mol. The molecule has 10 aromatic rings. The van der Waals surface area contributed by atoms with Crippen LogP contribution in [0.4, 0.5) is 17.1 Å². The third-order valence-corrected chi connectivity index (χ3v) is 9.78. The highest BCUT2D eigenvalue weighted by atomic mass is 16.3. The molecule has 0 bridgehead atoms. The fourth-order valence-corrected chi connectivity index (χ4v) is 7.50. The molecule has 0 aliphatic heterocycles. The second-order valence-corrected chi connectivity index (χ2v) is 12.6. The smallest absolute Gasteiger partial charge is 0.143 e. The zero-order valence-electron chi connectivity index (χ0n) is 26.1. The predicted molar refractivity (Wildman–Crippen MR) is 204 cm³/mol. The Morgan fingerprint density at radius 2 is 0.917 bits per heavy atom. The fraction of sp³-hybridized carbons (Fsp3) is 0. The van der Waals surface area contributed by atoms with E-state index >= 15 is 0 Å². The first-order chi connectivity index (χ1) is 23.8. The molecule has 2 heteroatoms. The lowest BCUT2D eigenvalue weighted by Crippen LogP contribution is -2.10. The molecule has 10 rings (SSSR count). The summed E-state index contributed by atoms with van der Waals surface area (Å²) in [6.07, 6.45) is 0. The van der Waals surface area contributed by atoms with E-state index in [9.17, 15) is 0 Å². The van der Waals surface area contributed by atoms with Gasteiger partial charge in [0.15, 0.2) is 0 Å². The Kier molecular flexibility index (Phi) is 5.91. The van der Waals surface area contributed by atoms with Crippen LogP contribution >= 0.6 is 0 Å². The molecule has 0 saturated heterocycles. The van der Waals surface area contributed by atoms with Crippen molar-refractivity contribution in [3.63, 3.8) is 0 Å². The van der Waals surface area contributed by atoms with Crippen LogP contribution in [0.2, 0.25) is 0 Å². The molecule has 2 nitrogen and oxygen atoms in total. The molecule has 0 spiro atoms. The van der Waals surface area contributed by atoms with Crippen molar-refractivity contribution in [3.8, 4) is 11.1 Å². The summed E-state index contributed by atoms with van der Waals surface area (Å²) in [5.41, 5.74) is 7.53. The van der Waals surface area contributed by atoms with E-state index in [2.05, 4.69) is 169 Å². The second-order valence-electron chi connectivity index (χ2n) is 12.6. The molecule has 0 unspecified atom stereocenters. The maximum absolute atomic E-state index is 6.40. The summed E-state index contributed by atoms with van der Waals surface area (Å²) < 4.78 is 6.40. The van der Waals surface area contributed by atoms with Crippen molar-refractivity contribution in [2.24, 2.45) is 0 Å². The zero-order valence-corrected chi connectivity index (χ0v) is 26.1. The van der Waals surface area contributed by atoms with Gasteiger partial charge in [0.25, 0.3) is 0 Å². The van der Waals surface area contributed by atoms with Crippen molar-refractivity contribution in [1.82, 2.24) is 0 Å². The van der Waals surface area contributed by atoms with Crippen LogP contribution in [0.1, 0.15) is 0 Å². The van der Waals surface area contributed by atoms with Crippen molar-refractivity contribution in [2.75, 3.05) is 4.90 Å². The van der Waals surface area contributed by atoms with Gasteiger partial charge >= 0.3 is 0 Å². The van der Waals surface area contributed by atoms with Crippen molar-refractivity contribution < 1.29 is 4.42 Å². The summed E-state index contributed by atoms with van der Waals surface area (Å²) in [5, 5.41) is 12.1. The Morgan fingerprint density at radius 1 is 0.333 bits per heavy atom. The van der Waals surface area contributed by atoms with Crippen LogP contribution in [0.25, 0.3) is 76.2 Å². The van der Waals surface area contributed by atoms with Crippen LogP contribution in [-0.4, -0.2) is 0 Å². The first-order valence-corrected chi connectivity index (χ1v) is 16.4. The molecule has 0 saturated carbocycles. The molecule has 9 aromatic carbocycles. The number of benzene rings is 9. The fourth-order valence-electron chi connectivity index (χ4n) is 7.50. The number of para-hydroxylation sites is 1. The first-order valence-electron chi connectivity index (χ1n) is 16.4. The van der Waals surface area contributed by atoms with Crippen LogP contribution in [0, 0.1) is 0 Å². The maximum Gasteiger partial charge on any atom is 0.143 e. The molecule has 1 aromatic heterocycles. The molecular weight excluding hydrogens is 583 g/mol. The van der Waals surface area contributed by atoms with Gasteiger partial charge in [0.1, 0.15) is 11.2 Å². The Hall–Kier alpha value is -6.38. The summed E-state index contributed by atoms with van der Waals surface area (Å²) in [6.45, 7) is 0. The molecule has 0 radical (unpaired) electrons. The average Bonchev–Trinajstić information content (AvgIpc) is 3.54. The molecule has 0 aliphatic rings. The molecule has 0 atom stereocenters. The van der Waals surface area contributed by atoms with Gasteiger partial charge in [0.05, 0.1) is 0 Å². The molecule has 0 fully saturated rings. The number of rotatable bonds is 4. The molecular formula is C46H29NO. The number of hydrogen-bond acceptors (Lipinski definition) is 2. The summed E-state index contributed by atoms with van der Waals surface area (Å²) in [4.78, 5) is 2.38. The largest absolute Gasteiger partial charge is 0.455 e. The Labute approximate surface area is 277 Å². The second kappa shape index (κ2) is 10.6.